The molecule has 6 heteroatoms. The molecule has 2 aliphatic rings. The molecule has 2 heterocycles. The van der Waals surface area contributed by atoms with Gasteiger partial charge in [-0.05, 0) is 29.9 Å². The molecule has 0 bridgehead atoms. The monoisotopic (exact) mass is 326 g/mol. The summed E-state index contributed by atoms with van der Waals surface area (Å²) in [5, 5.41) is 3.67. The molecule has 1 fully saturated rings. The lowest BCUT2D eigenvalue weighted by molar-refractivity contribution is 0.194. The Kier molecular flexibility index (Phi) is 4.50. The minimum absolute atomic E-state index is 0.0331. The third-order valence-corrected chi connectivity index (χ3v) is 5.39. The molecule has 114 valence electrons. The van der Waals surface area contributed by atoms with E-state index in [0.29, 0.717) is 24.2 Å². The Hall–Kier alpha value is -1.07. The molecule has 1 aromatic rings. The highest BCUT2D eigenvalue weighted by atomic mass is 35.5. The number of carbonyl (C=O) groups excluding carboxylic acids is 1. The molecular formula is C15H19ClN2O2S. The average molecular weight is 327 g/mol. The SMILES string of the molecule is CN(C(=O)NCc1cc(Cl)cc2c1OCC2)[C@H]1CCSC1. The van der Waals surface area contributed by atoms with Gasteiger partial charge in [0.2, 0.25) is 0 Å². The van der Waals surface area contributed by atoms with Gasteiger partial charge >= 0.3 is 6.03 Å². The second-order valence-corrected chi connectivity index (χ2v) is 7.02. The van der Waals surface area contributed by atoms with E-state index in [2.05, 4.69) is 5.32 Å². The molecule has 0 unspecified atom stereocenters. The number of benzene rings is 1. The zero-order valence-electron chi connectivity index (χ0n) is 12.0. The van der Waals surface area contributed by atoms with E-state index >= 15 is 0 Å². The van der Waals surface area contributed by atoms with Crippen LogP contribution in [-0.2, 0) is 13.0 Å². The van der Waals surface area contributed by atoms with E-state index in [4.69, 9.17) is 16.3 Å². The van der Waals surface area contributed by atoms with Crippen LogP contribution in [-0.4, -0.2) is 42.1 Å². The molecule has 2 amide bonds. The van der Waals surface area contributed by atoms with Crippen molar-refractivity contribution in [1.29, 1.82) is 0 Å². The van der Waals surface area contributed by atoms with Gasteiger partial charge in [-0.2, -0.15) is 11.8 Å². The summed E-state index contributed by atoms with van der Waals surface area (Å²) < 4.78 is 5.65. The number of thioether (sulfide) groups is 1. The minimum atomic E-state index is -0.0331. The first-order valence-corrected chi connectivity index (χ1v) is 8.71. The topological polar surface area (TPSA) is 41.6 Å². The van der Waals surface area contributed by atoms with E-state index < -0.39 is 0 Å². The number of nitrogens with zero attached hydrogens (tertiary/aromatic N) is 1. The molecule has 0 saturated carbocycles. The van der Waals surface area contributed by atoms with Crippen molar-refractivity contribution in [2.45, 2.75) is 25.4 Å². The average Bonchev–Trinajstić information content (AvgIpc) is 3.13. The van der Waals surface area contributed by atoms with Crippen molar-refractivity contribution < 1.29 is 9.53 Å². The van der Waals surface area contributed by atoms with Gasteiger partial charge in [0.25, 0.3) is 0 Å². The number of hydrogen-bond donors (Lipinski definition) is 1. The Balaban J connectivity index is 1.63. The second-order valence-electron chi connectivity index (χ2n) is 5.44. The fourth-order valence-electron chi connectivity index (χ4n) is 2.77. The van der Waals surface area contributed by atoms with Crippen LogP contribution in [0.4, 0.5) is 4.79 Å². The number of hydrogen-bond acceptors (Lipinski definition) is 3. The van der Waals surface area contributed by atoms with Gasteiger partial charge in [0, 0.05) is 42.4 Å². The molecule has 0 aliphatic carbocycles. The standard InChI is InChI=1S/C15H19ClN2O2S/c1-18(13-3-5-21-9-13)15(19)17-8-11-7-12(16)6-10-2-4-20-14(10)11/h6-7,13H,2-5,8-9H2,1H3,(H,17,19)/t13-/m0/s1. The lowest BCUT2D eigenvalue weighted by Gasteiger charge is -2.24. The van der Waals surface area contributed by atoms with E-state index in [-0.39, 0.29) is 6.03 Å². The van der Waals surface area contributed by atoms with Gasteiger partial charge in [0.15, 0.2) is 0 Å². The first kappa shape index (κ1) is 14.9. The summed E-state index contributed by atoms with van der Waals surface area (Å²) in [6.45, 7) is 1.14. The molecule has 0 radical (unpaired) electrons. The molecule has 0 spiro atoms. The van der Waals surface area contributed by atoms with Gasteiger partial charge in [-0.25, -0.2) is 4.79 Å². The lowest BCUT2D eigenvalue weighted by Crippen LogP contribution is -2.43. The van der Waals surface area contributed by atoms with E-state index in [1.165, 1.54) is 0 Å². The number of fused-ring (bicyclic) bond motifs is 1. The normalized spacial score (nSPS) is 20.0. The Morgan fingerprint density at radius 2 is 2.43 bits per heavy atom. The van der Waals surface area contributed by atoms with E-state index in [0.717, 1.165) is 41.2 Å². The Morgan fingerprint density at radius 1 is 1.57 bits per heavy atom. The maximum absolute atomic E-state index is 12.2. The number of nitrogens with one attached hydrogen (secondary N) is 1. The fourth-order valence-corrected chi connectivity index (χ4v) is 4.30. The van der Waals surface area contributed by atoms with Crippen molar-refractivity contribution in [3.8, 4) is 5.75 Å². The second kappa shape index (κ2) is 6.36. The molecule has 1 N–H and O–H groups in total. The highest BCUT2D eigenvalue weighted by Gasteiger charge is 2.24. The molecule has 2 aliphatic heterocycles. The van der Waals surface area contributed by atoms with Gasteiger partial charge in [-0.15, -0.1) is 0 Å². The number of urea groups is 1. The third kappa shape index (κ3) is 3.24. The summed E-state index contributed by atoms with van der Waals surface area (Å²) in [6.07, 6.45) is 1.96. The fraction of sp³-hybridized carbons (Fsp3) is 0.533. The van der Waals surface area contributed by atoms with Crippen LogP contribution in [0.25, 0.3) is 0 Å². The van der Waals surface area contributed by atoms with Crippen LogP contribution in [0.2, 0.25) is 5.02 Å². The van der Waals surface area contributed by atoms with Gasteiger partial charge in [-0.1, -0.05) is 11.6 Å². The predicted molar refractivity (Wildman–Crippen MR) is 86.4 cm³/mol. The summed E-state index contributed by atoms with van der Waals surface area (Å²) in [6, 6.07) is 4.12. The lowest BCUT2D eigenvalue weighted by atomic mass is 10.1. The van der Waals surface area contributed by atoms with Crippen LogP contribution in [0, 0.1) is 0 Å². The summed E-state index contributed by atoms with van der Waals surface area (Å²) >= 11 is 8.03. The number of halogens is 1. The number of ether oxygens (including phenoxy) is 1. The Morgan fingerprint density at radius 3 is 3.19 bits per heavy atom. The van der Waals surface area contributed by atoms with Gasteiger partial charge in [0.05, 0.1) is 6.61 Å². The maximum Gasteiger partial charge on any atom is 0.317 e. The molecule has 4 nitrogen and oxygen atoms in total. The first-order valence-electron chi connectivity index (χ1n) is 7.17. The van der Waals surface area contributed by atoms with Gasteiger partial charge < -0.3 is 15.0 Å². The molecular weight excluding hydrogens is 308 g/mol. The minimum Gasteiger partial charge on any atom is -0.493 e. The molecule has 1 atom stereocenters. The number of rotatable bonds is 3. The van der Waals surface area contributed by atoms with E-state index in [1.54, 1.807) is 0 Å². The smallest absolute Gasteiger partial charge is 0.317 e. The summed E-state index contributed by atoms with van der Waals surface area (Å²) in [5.41, 5.74) is 2.09. The highest BCUT2D eigenvalue weighted by molar-refractivity contribution is 7.99. The molecule has 3 rings (SSSR count). The maximum atomic E-state index is 12.2. The number of carbonyl (C=O) groups is 1. The van der Waals surface area contributed by atoms with Crippen LogP contribution < -0.4 is 10.1 Å². The third-order valence-electron chi connectivity index (χ3n) is 4.03. The Bertz CT molecular complexity index is 547. The summed E-state index contributed by atoms with van der Waals surface area (Å²) in [4.78, 5) is 14.0. The van der Waals surface area contributed by atoms with Crippen LogP contribution in [0.15, 0.2) is 12.1 Å². The van der Waals surface area contributed by atoms with Crippen molar-refractivity contribution in [1.82, 2.24) is 10.2 Å². The van der Waals surface area contributed by atoms with E-state index in [9.17, 15) is 4.79 Å². The summed E-state index contributed by atoms with van der Waals surface area (Å²) in [5.74, 6) is 3.05. The van der Waals surface area contributed by atoms with Crippen molar-refractivity contribution in [2.75, 3.05) is 25.2 Å². The molecule has 0 aromatic heterocycles. The first-order chi connectivity index (χ1) is 10.1. The number of amides is 2. The van der Waals surface area contributed by atoms with Crippen LogP contribution in [0.5, 0.6) is 5.75 Å². The van der Waals surface area contributed by atoms with Crippen molar-refractivity contribution in [3.63, 3.8) is 0 Å². The zero-order chi connectivity index (χ0) is 14.8. The molecule has 21 heavy (non-hydrogen) atoms. The quantitative estimate of drug-likeness (QED) is 0.928. The van der Waals surface area contributed by atoms with Crippen LogP contribution in [0.1, 0.15) is 17.5 Å². The Labute approximate surface area is 134 Å². The van der Waals surface area contributed by atoms with Gasteiger partial charge in [-0.3, -0.25) is 0 Å². The van der Waals surface area contributed by atoms with Crippen molar-refractivity contribution in [3.05, 3.63) is 28.3 Å². The van der Waals surface area contributed by atoms with E-state index in [1.807, 2.05) is 35.8 Å². The predicted octanol–water partition coefficient (Wildman–Crippen LogP) is 2.92. The van der Waals surface area contributed by atoms with Crippen molar-refractivity contribution in [2.24, 2.45) is 0 Å². The van der Waals surface area contributed by atoms with Crippen molar-refractivity contribution >= 4 is 29.4 Å². The molecule has 1 saturated heterocycles. The van der Waals surface area contributed by atoms with Gasteiger partial charge in [0.1, 0.15) is 5.75 Å². The van der Waals surface area contributed by atoms with Crippen LogP contribution in [0.3, 0.4) is 0 Å². The highest BCUT2D eigenvalue weighted by Crippen LogP contribution is 2.32. The summed E-state index contributed by atoms with van der Waals surface area (Å²) in [7, 11) is 1.87. The molecule has 1 aromatic carbocycles. The largest absolute Gasteiger partial charge is 0.493 e. The van der Waals surface area contributed by atoms with Crippen LogP contribution >= 0.6 is 23.4 Å². The zero-order valence-corrected chi connectivity index (χ0v) is 13.6.